The van der Waals surface area contributed by atoms with Crippen LogP contribution in [0.5, 0.6) is 0 Å². The maximum atomic E-state index is 13.3. The van der Waals surface area contributed by atoms with Crippen molar-refractivity contribution in [3.05, 3.63) is 59.2 Å². The molecule has 176 valence electrons. The first-order valence-electron chi connectivity index (χ1n) is 11.6. The van der Waals surface area contributed by atoms with Gasteiger partial charge in [0.2, 0.25) is 21.8 Å². The number of amides is 2. The zero-order chi connectivity index (χ0) is 23.4. The first-order valence-corrected chi connectivity index (χ1v) is 13.0. The zero-order valence-corrected chi connectivity index (χ0v) is 19.8. The van der Waals surface area contributed by atoms with Crippen LogP contribution in [-0.2, 0) is 32.5 Å². The molecule has 2 N–H and O–H groups in total. The van der Waals surface area contributed by atoms with Crippen LogP contribution in [0.2, 0.25) is 0 Å². The minimum atomic E-state index is -3.71. The molecule has 0 aliphatic carbocycles. The highest BCUT2D eigenvalue weighted by Crippen LogP contribution is 2.29. The Morgan fingerprint density at radius 1 is 1.12 bits per heavy atom. The largest absolute Gasteiger partial charge is 0.355 e. The molecule has 7 nitrogen and oxygen atoms in total. The second-order valence-corrected chi connectivity index (χ2v) is 10.9. The average Bonchev–Trinajstić information content (AvgIpc) is 3.00. The fourth-order valence-corrected chi connectivity index (χ4v) is 6.04. The second kappa shape index (κ2) is 10.1. The standard InChI is InChI=1S/C25H31N3O4S/c1-18-7-9-19(10-8-18)13-14-26-25(30)21-5-3-15-28(17-21)33(31,32)22-11-12-23-20(16-22)4-2-6-24(29)27-23/h7-12,16,21H,2-6,13-15,17H2,1H3,(H,26,30)(H,27,29)/t21-/m0/s1. The molecule has 1 saturated heterocycles. The molecular weight excluding hydrogens is 438 g/mol. The third kappa shape index (κ3) is 5.62. The summed E-state index contributed by atoms with van der Waals surface area (Å²) < 4.78 is 28.1. The van der Waals surface area contributed by atoms with Gasteiger partial charge in [0.15, 0.2) is 0 Å². The molecule has 0 bridgehead atoms. The lowest BCUT2D eigenvalue weighted by Crippen LogP contribution is -2.45. The summed E-state index contributed by atoms with van der Waals surface area (Å²) in [6.45, 7) is 3.16. The van der Waals surface area contributed by atoms with Gasteiger partial charge in [0.25, 0.3) is 0 Å². The molecule has 2 aromatic rings. The van der Waals surface area contributed by atoms with E-state index in [2.05, 4.69) is 34.9 Å². The number of fused-ring (bicyclic) bond motifs is 1. The number of piperidine rings is 1. The van der Waals surface area contributed by atoms with Crippen LogP contribution in [0, 0.1) is 12.8 Å². The van der Waals surface area contributed by atoms with Gasteiger partial charge >= 0.3 is 0 Å². The van der Waals surface area contributed by atoms with E-state index in [-0.39, 0.29) is 29.2 Å². The third-order valence-corrected chi connectivity index (χ3v) is 8.29. The van der Waals surface area contributed by atoms with Gasteiger partial charge in [0.1, 0.15) is 0 Å². The van der Waals surface area contributed by atoms with Crippen LogP contribution in [0.4, 0.5) is 5.69 Å². The van der Waals surface area contributed by atoms with Crippen LogP contribution in [0.15, 0.2) is 47.4 Å². The smallest absolute Gasteiger partial charge is 0.243 e. The Morgan fingerprint density at radius 3 is 2.70 bits per heavy atom. The summed E-state index contributed by atoms with van der Waals surface area (Å²) in [5.41, 5.74) is 3.88. The number of hydrogen-bond acceptors (Lipinski definition) is 4. The topological polar surface area (TPSA) is 95.6 Å². The van der Waals surface area contributed by atoms with E-state index in [0.29, 0.717) is 50.9 Å². The van der Waals surface area contributed by atoms with E-state index >= 15 is 0 Å². The minimum Gasteiger partial charge on any atom is -0.355 e. The van der Waals surface area contributed by atoms with E-state index in [1.807, 2.05) is 6.92 Å². The van der Waals surface area contributed by atoms with Crippen LogP contribution in [-0.4, -0.2) is 44.2 Å². The lowest BCUT2D eigenvalue weighted by Gasteiger charge is -2.31. The van der Waals surface area contributed by atoms with Gasteiger partial charge in [0, 0.05) is 31.7 Å². The maximum Gasteiger partial charge on any atom is 0.243 e. The molecule has 2 aliphatic rings. The number of carbonyl (C=O) groups excluding carboxylic acids is 2. The number of carbonyl (C=O) groups is 2. The van der Waals surface area contributed by atoms with Crippen LogP contribution in [0.25, 0.3) is 0 Å². The summed E-state index contributed by atoms with van der Waals surface area (Å²) in [5.74, 6) is -0.491. The summed E-state index contributed by atoms with van der Waals surface area (Å²) in [4.78, 5) is 24.7. The Hall–Kier alpha value is -2.71. The first-order chi connectivity index (χ1) is 15.8. The summed E-state index contributed by atoms with van der Waals surface area (Å²) >= 11 is 0. The van der Waals surface area contributed by atoms with Crippen molar-refractivity contribution in [1.29, 1.82) is 0 Å². The number of rotatable bonds is 6. The van der Waals surface area contributed by atoms with E-state index < -0.39 is 10.0 Å². The molecule has 0 spiro atoms. The van der Waals surface area contributed by atoms with Crippen LogP contribution < -0.4 is 10.6 Å². The Balaban J connectivity index is 1.38. The Kier molecular flexibility index (Phi) is 7.14. The van der Waals surface area contributed by atoms with Crippen molar-refractivity contribution in [3.63, 3.8) is 0 Å². The van der Waals surface area contributed by atoms with Gasteiger partial charge in [-0.2, -0.15) is 4.31 Å². The summed E-state index contributed by atoms with van der Waals surface area (Å²) in [5, 5.41) is 5.81. The normalized spacial score (nSPS) is 19.3. The van der Waals surface area contributed by atoms with Crippen molar-refractivity contribution in [2.24, 2.45) is 5.92 Å². The third-order valence-electron chi connectivity index (χ3n) is 6.43. The van der Waals surface area contributed by atoms with Gasteiger partial charge in [-0.3, -0.25) is 9.59 Å². The molecule has 2 heterocycles. The fourth-order valence-electron chi connectivity index (χ4n) is 4.46. The molecule has 0 saturated carbocycles. The van der Waals surface area contributed by atoms with Crippen molar-refractivity contribution in [2.75, 3.05) is 25.0 Å². The predicted octanol–water partition coefficient (Wildman–Crippen LogP) is 3.03. The molecule has 4 rings (SSSR count). The van der Waals surface area contributed by atoms with E-state index in [9.17, 15) is 18.0 Å². The summed E-state index contributed by atoms with van der Waals surface area (Å²) in [7, 11) is -3.71. The highest BCUT2D eigenvalue weighted by molar-refractivity contribution is 7.89. The van der Waals surface area contributed by atoms with Crippen molar-refractivity contribution in [1.82, 2.24) is 9.62 Å². The molecule has 1 atom stereocenters. The molecule has 1 fully saturated rings. The van der Waals surface area contributed by atoms with Crippen molar-refractivity contribution < 1.29 is 18.0 Å². The Morgan fingerprint density at radius 2 is 1.91 bits per heavy atom. The van der Waals surface area contributed by atoms with Crippen LogP contribution >= 0.6 is 0 Å². The molecule has 2 aromatic carbocycles. The van der Waals surface area contributed by atoms with Gasteiger partial charge in [-0.1, -0.05) is 29.8 Å². The van der Waals surface area contributed by atoms with Crippen molar-refractivity contribution in [3.8, 4) is 0 Å². The number of aryl methyl sites for hydroxylation is 2. The fraction of sp³-hybridized carbons (Fsp3) is 0.440. The van der Waals surface area contributed by atoms with E-state index in [4.69, 9.17) is 0 Å². The molecule has 0 aromatic heterocycles. The first kappa shape index (κ1) is 23.4. The molecule has 2 aliphatic heterocycles. The number of hydrogen-bond donors (Lipinski definition) is 2. The monoisotopic (exact) mass is 469 g/mol. The van der Waals surface area contributed by atoms with Gasteiger partial charge in [-0.25, -0.2) is 8.42 Å². The van der Waals surface area contributed by atoms with Crippen molar-refractivity contribution in [2.45, 2.75) is 50.3 Å². The number of nitrogens with zero attached hydrogens (tertiary/aromatic N) is 1. The van der Waals surface area contributed by atoms with Crippen LogP contribution in [0.1, 0.15) is 42.4 Å². The molecule has 0 unspecified atom stereocenters. The average molecular weight is 470 g/mol. The predicted molar refractivity (Wildman–Crippen MR) is 127 cm³/mol. The van der Waals surface area contributed by atoms with Gasteiger partial charge in [-0.15, -0.1) is 0 Å². The Labute approximate surface area is 195 Å². The van der Waals surface area contributed by atoms with E-state index in [1.165, 1.54) is 9.87 Å². The van der Waals surface area contributed by atoms with Crippen molar-refractivity contribution >= 4 is 27.5 Å². The summed E-state index contributed by atoms with van der Waals surface area (Å²) in [6.07, 6.45) is 3.85. The van der Waals surface area contributed by atoms with Gasteiger partial charge < -0.3 is 10.6 Å². The number of nitrogens with one attached hydrogen (secondary N) is 2. The quantitative estimate of drug-likeness (QED) is 0.680. The molecular formula is C25H31N3O4S. The van der Waals surface area contributed by atoms with Crippen LogP contribution in [0.3, 0.4) is 0 Å². The Bertz CT molecular complexity index is 1130. The number of anilines is 1. The SMILES string of the molecule is Cc1ccc(CCNC(=O)[C@H]2CCCN(S(=O)(=O)c3ccc4c(c3)CCCC(=O)N4)C2)cc1. The summed E-state index contributed by atoms with van der Waals surface area (Å²) in [6, 6.07) is 13.1. The minimum absolute atomic E-state index is 0.0448. The second-order valence-electron chi connectivity index (χ2n) is 8.95. The lowest BCUT2D eigenvalue weighted by molar-refractivity contribution is -0.126. The molecule has 33 heavy (non-hydrogen) atoms. The van der Waals surface area contributed by atoms with E-state index in [1.54, 1.807) is 18.2 Å². The molecule has 0 radical (unpaired) electrons. The van der Waals surface area contributed by atoms with Gasteiger partial charge in [-0.05, 0) is 68.4 Å². The van der Waals surface area contributed by atoms with E-state index in [0.717, 1.165) is 17.5 Å². The highest BCUT2D eigenvalue weighted by atomic mass is 32.2. The zero-order valence-electron chi connectivity index (χ0n) is 19.0. The molecule has 2 amide bonds. The number of sulfonamides is 1. The number of benzene rings is 2. The maximum absolute atomic E-state index is 13.3. The highest BCUT2D eigenvalue weighted by Gasteiger charge is 2.33. The van der Waals surface area contributed by atoms with Gasteiger partial charge in [0.05, 0.1) is 10.8 Å². The lowest BCUT2D eigenvalue weighted by atomic mass is 9.98. The molecule has 8 heteroatoms.